The average Bonchev–Trinajstić information content (AvgIpc) is 2.30. The molecule has 0 aliphatic rings. The number of anilines is 1. The molecule has 0 bridgehead atoms. The molecular weight excluding hydrogens is 206 g/mol. The van der Waals surface area contributed by atoms with Crippen molar-refractivity contribution in [1.82, 2.24) is 0 Å². The zero-order chi connectivity index (χ0) is 11.6. The number of ether oxygens (including phenoxy) is 2. The molecule has 0 atom stereocenters. The lowest BCUT2D eigenvalue weighted by Gasteiger charge is -2.06. The lowest BCUT2D eigenvalue weighted by atomic mass is 10.3. The van der Waals surface area contributed by atoms with Crippen molar-refractivity contribution in [3.05, 3.63) is 30.3 Å². The third kappa shape index (κ3) is 5.36. The van der Waals surface area contributed by atoms with E-state index < -0.39 is 0 Å². The number of rotatable bonds is 7. The van der Waals surface area contributed by atoms with E-state index in [2.05, 4.69) is 5.32 Å². The van der Waals surface area contributed by atoms with E-state index in [9.17, 15) is 4.79 Å². The highest BCUT2D eigenvalue weighted by molar-refractivity contribution is 5.70. The Kier molecular flexibility index (Phi) is 6.03. The van der Waals surface area contributed by atoms with Gasteiger partial charge in [-0.05, 0) is 19.1 Å². The summed E-state index contributed by atoms with van der Waals surface area (Å²) >= 11 is 0. The lowest BCUT2D eigenvalue weighted by Crippen LogP contribution is -2.16. The standard InChI is InChI=1S/C12H17NO3/c1-2-16-12(14)10-15-9-8-13-11-6-4-3-5-7-11/h3-7,13H,2,8-10H2,1H3. The van der Waals surface area contributed by atoms with E-state index >= 15 is 0 Å². The summed E-state index contributed by atoms with van der Waals surface area (Å²) in [7, 11) is 0. The van der Waals surface area contributed by atoms with Crippen LogP contribution in [0.15, 0.2) is 30.3 Å². The molecule has 0 amide bonds. The Morgan fingerprint density at radius 2 is 2.06 bits per heavy atom. The summed E-state index contributed by atoms with van der Waals surface area (Å²) < 4.78 is 9.86. The van der Waals surface area contributed by atoms with Gasteiger partial charge >= 0.3 is 5.97 Å². The number of hydrogen-bond acceptors (Lipinski definition) is 4. The van der Waals surface area contributed by atoms with E-state index in [4.69, 9.17) is 9.47 Å². The zero-order valence-electron chi connectivity index (χ0n) is 9.44. The second-order valence-corrected chi connectivity index (χ2v) is 3.15. The molecule has 4 heteroatoms. The zero-order valence-corrected chi connectivity index (χ0v) is 9.44. The minimum absolute atomic E-state index is 0.0182. The van der Waals surface area contributed by atoms with Crippen LogP contribution in [0, 0.1) is 0 Å². The second-order valence-electron chi connectivity index (χ2n) is 3.15. The minimum Gasteiger partial charge on any atom is -0.464 e. The van der Waals surface area contributed by atoms with Gasteiger partial charge in [0.05, 0.1) is 13.2 Å². The number of benzene rings is 1. The lowest BCUT2D eigenvalue weighted by molar-refractivity contribution is -0.148. The molecule has 0 spiro atoms. The molecule has 4 nitrogen and oxygen atoms in total. The van der Waals surface area contributed by atoms with Crippen LogP contribution in [0.4, 0.5) is 5.69 Å². The molecule has 1 N–H and O–H groups in total. The fourth-order valence-corrected chi connectivity index (χ4v) is 1.18. The van der Waals surface area contributed by atoms with Crippen LogP contribution in [0.2, 0.25) is 0 Å². The molecule has 1 aromatic rings. The van der Waals surface area contributed by atoms with Crippen molar-refractivity contribution in [2.24, 2.45) is 0 Å². The number of para-hydroxylation sites is 1. The van der Waals surface area contributed by atoms with Gasteiger partial charge in [0.25, 0.3) is 0 Å². The number of carbonyl (C=O) groups excluding carboxylic acids is 1. The summed E-state index contributed by atoms with van der Waals surface area (Å²) in [5.41, 5.74) is 1.04. The molecule has 0 aromatic heterocycles. The molecule has 1 aromatic carbocycles. The van der Waals surface area contributed by atoms with Crippen molar-refractivity contribution >= 4 is 11.7 Å². The highest BCUT2D eigenvalue weighted by Gasteiger charge is 2.00. The van der Waals surface area contributed by atoms with Crippen LogP contribution in [0.5, 0.6) is 0 Å². The summed E-state index contributed by atoms with van der Waals surface area (Å²) in [5, 5.41) is 3.17. The first-order valence-electron chi connectivity index (χ1n) is 5.35. The van der Waals surface area contributed by atoms with Crippen LogP contribution < -0.4 is 5.32 Å². The third-order valence-corrected chi connectivity index (χ3v) is 1.87. The van der Waals surface area contributed by atoms with Gasteiger partial charge in [-0.15, -0.1) is 0 Å². The fourth-order valence-electron chi connectivity index (χ4n) is 1.18. The third-order valence-electron chi connectivity index (χ3n) is 1.87. The topological polar surface area (TPSA) is 47.6 Å². The monoisotopic (exact) mass is 223 g/mol. The van der Waals surface area contributed by atoms with Crippen LogP contribution in [-0.2, 0) is 14.3 Å². The molecule has 0 radical (unpaired) electrons. The quantitative estimate of drug-likeness (QED) is 0.564. The first-order valence-corrected chi connectivity index (χ1v) is 5.35. The molecule has 0 fully saturated rings. The van der Waals surface area contributed by atoms with Crippen molar-refractivity contribution < 1.29 is 14.3 Å². The molecule has 0 heterocycles. The minimum atomic E-state index is -0.317. The Morgan fingerprint density at radius 1 is 1.31 bits per heavy atom. The van der Waals surface area contributed by atoms with Gasteiger partial charge < -0.3 is 14.8 Å². The van der Waals surface area contributed by atoms with Crippen LogP contribution >= 0.6 is 0 Å². The van der Waals surface area contributed by atoms with Gasteiger partial charge in [-0.25, -0.2) is 4.79 Å². The SMILES string of the molecule is CCOC(=O)COCCNc1ccccc1. The van der Waals surface area contributed by atoms with Gasteiger partial charge in [-0.2, -0.15) is 0 Å². The van der Waals surface area contributed by atoms with E-state index in [0.717, 1.165) is 5.69 Å². The van der Waals surface area contributed by atoms with Crippen molar-refractivity contribution in [1.29, 1.82) is 0 Å². The predicted octanol–water partition coefficient (Wildman–Crippen LogP) is 1.68. The average molecular weight is 223 g/mol. The van der Waals surface area contributed by atoms with Crippen molar-refractivity contribution in [2.75, 3.05) is 31.7 Å². The fraction of sp³-hybridized carbons (Fsp3) is 0.417. The summed E-state index contributed by atoms with van der Waals surface area (Å²) in [4.78, 5) is 10.9. The van der Waals surface area contributed by atoms with E-state index in [1.165, 1.54) is 0 Å². The summed E-state index contributed by atoms with van der Waals surface area (Å²) in [6.07, 6.45) is 0. The number of carbonyl (C=O) groups is 1. The summed E-state index contributed by atoms with van der Waals surface area (Å²) in [5.74, 6) is -0.317. The number of esters is 1. The normalized spacial score (nSPS) is 9.81. The second kappa shape index (κ2) is 7.70. The highest BCUT2D eigenvalue weighted by atomic mass is 16.6. The highest BCUT2D eigenvalue weighted by Crippen LogP contribution is 2.03. The number of nitrogens with one attached hydrogen (secondary N) is 1. The molecule has 0 aliphatic heterocycles. The molecule has 1 rings (SSSR count). The molecular formula is C12H17NO3. The molecule has 0 saturated heterocycles. The van der Waals surface area contributed by atoms with Gasteiger partial charge in [0.1, 0.15) is 6.61 Å². The van der Waals surface area contributed by atoms with Crippen LogP contribution in [0.1, 0.15) is 6.92 Å². The van der Waals surface area contributed by atoms with E-state index in [1.807, 2.05) is 30.3 Å². The maximum Gasteiger partial charge on any atom is 0.332 e. The maximum atomic E-state index is 10.9. The Balaban J connectivity index is 2.02. The first kappa shape index (κ1) is 12.5. The molecule has 0 aliphatic carbocycles. The Morgan fingerprint density at radius 3 is 2.75 bits per heavy atom. The Hall–Kier alpha value is -1.55. The van der Waals surface area contributed by atoms with Gasteiger partial charge in [-0.3, -0.25) is 0 Å². The summed E-state index contributed by atoms with van der Waals surface area (Å²) in [6, 6.07) is 9.84. The predicted molar refractivity (Wildman–Crippen MR) is 62.4 cm³/mol. The maximum absolute atomic E-state index is 10.9. The van der Waals surface area contributed by atoms with E-state index in [-0.39, 0.29) is 12.6 Å². The number of hydrogen-bond donors (Lipinski definition) is 1. The summed E-state index contributed by atoms with van der Waals surface area (Å²) in [6.45, 7) is 3.33. The molecule has 0 unspecified atom stereocenters. The van der Waals surface area contributed by atoms with Crippen molar-refractivity contribution in [3.8, 4) is 0 Å². The molecule has 88 valence electrons. The van der Waals surface area contributed by atoms with Crippen molar-refractivity contribution in [2.45, 2.75) is 6.92 Å². The van der Waals surface area contributed by atoms with Crippen LogP contribution in [-0.4, -0.2) is 32.3 Å². The van der Waals surface area contributed by atoms with Crippen LogP contribution in [0.3, 0.4) is 0 Å². The molecule has 0 saturated carbocycles. The van der Waals surface area contributed by atoms with Crippen LogP contribution in [0.25, 0.3) is 0 Å². The van der Waals surface area contributed by atoms with Gasteiger partial charge in [-0.1, -0.05) is 18.2 Å². The van der Waals surface area contributed by atoms with Gasteiger partial charge in [0.2, 0.25) is 0 Å². The first-order chi connectivity index (χ1) is 7.83. The Labute approximate surface area is 95.6 Å². The largest absolute Gasteiger partial charge is 0.464 e. The van der Waals surface area contributed by atoms with E-state index in [0.29, 0.717) is 19.8 Å². The van der Waals surface area contributed by atoms with Gasteiger partial charge in [0.15, 0.2) is 0 Å². The smallest absolute Gasteiger partial charge is 0.332 e. The Bertz CT molecular complexity index is 300. The van der Waals surface area contributed by atoms with E-state index in [1.54, 1.807) is 6.92 Å². The molecule has 16 heavy (non-hydrogen) atoms. The van der Waals surface area contributed by atoms with Crippen molar-refractivity contribution in [3.63, 3.8) is 0 Å². The van der Waals surface area contributed by atoms with Gasteiger partial charge in [0, 0.05) is 12.2 Å².